The molecule has 0 atom stereocenters. The molecular weight excluding hydrogens is 214 g/mol. The van der Waals surface area contributed by atoms with Gasteiger partial charge in [0.2, 0.25) is 0 Å². The Bertz CT molecular complexity index is 719. The van der Waals surface area contributed by atoms with Gasteiger partial charge in [0.1, 0.15) is 0 Å². The molecule has 17 heavy (non-hydrogen) atoms. The van der Waals surface area contributed by atoms with Crippen LogP contribution in [0.25, 0.3) is 16.6 Å². The summed E-state index contributed by atoms with van der Waals surface area (Å²) in [5.41, 5.74) is 1.38. The highest BCUT2D eigenvalue weighted by atomic mass is 16.1. The molecule has 0 saturated heterocycles. The molecule has 1 aromatic carbocycles. The van der Waals surface area contributed by atoms with E-state index in [1.807, 2.05) is 30.3 Å². The molecule has 3 aromatic rings. The molecule has 0 spiro atoms. The second-order valence-electron chi connectivity index (χ2n) is 3.66. The normalized spacial score (nSPS) is 10.6. The van der Waals surface area contributed by atoms with Crippen molar-refractivity contribution in [2.75, 3.05) is 0 Å². The molecule has 4 nitrogen and oxygen atoms in total. The lowest BCUT2D eigenvalue weighted by atomic mass is 10.2. The lowest BCUT2D eigenvalue weighted by Crippen LogP contribution is -2.17. The molecule has 0 aliphatic carbocycles. The van der Waals surface area contributed by atoms with Crippen LogP contribution in [0.1, 0.15) is 0 Å². The summed E-state index contributed by atoms with van der Waals surface area (Å²) in [5, 5.41) is 8.25. The van der Waals surface area contributed by atoms with Gasteiger partial charge in [0.05, 0.1) is 17.1 Å². The van der Waals surface area contributed by atoms with Crippen LogP contribution in [-0.4, -0.2) is 14.8 Å². The highest BCUT2D eigenvalue weighted by molar-refractivity contribution is 5.76. The van der Waals surface area contributed by atoms with E-state index in [1.54, 1.807) is 22.9 Å². The number of nitrogens with zero attached hydrogens (tertiary/aromatic N) is 3. The van der Waals surface area contributed by atoms with Crippen molar-refractivity contribution in [2.45, 2.75) is 0 Å². The van der Waals surface area contributed by atoms with Gasteiger partial charge in [0, 0.05) is 11.9 Å². The van der Waals surface area contributed by atoms with Crippen LogP contribution >= 0.6 is 0 Å². The number of hydrogen-bond acceptors (Lipinski definition) is 3. The molecule has 0 aliphatic heterocycles. The summed E-state index contributed by atoms with van der Waals surface area (Å²) in [7, 11) is 0. The Morgan fingerprint density at radius 2 is 1.82 bits per heavy atom. The molecule has 3 rings (SSSR count). The highest BCUT2D eigenvalue weighted by Gasteiger charge is 2.04. The minimum absolute atomic E-state index is 0.0800. The Morgan fingerprint density at radius 3 is 2.65 bits per heavy atom. The van der Waals surface area contributed by atoms with Crippen molar-refractivity contribution in [2.24, 2.45) is 0 Å². The van der Waals surface area contributed by atoms with Crippen LogP contribution in [0, 0.1) is 0 Å². The smallest absolute Gasteiger partial charge is 0.264 e. The molecule has 2 heterocycles. The standard InChI is InChI=1S/C13H9N3O/c17-13-11-6-8-14-15-12(11)7-9-16(13)10-4-2-1-3-5-10/h1-9H. The number of para-hydroxylation sites is 1. The second-order valence-corrected chi connectivity index (χ2v) is 3.66. The van der Waals surface area contributed by atoms with E-state index >= 15 is 0 Å². The predicted octanol–water partition coefficient (Wildman–Crippen LogP) is 1.78. The molecule has 0 bridgehead atoms. The van der Waals surface area contributed by atoms with Gasteiger partial charge < -0.3 is 0 Å². The van der Waals surface area contributed by atoms with Gasteiger partial charge in [-0.05, 0) is 24.3 Å². The van der Waals surface area contributed by atoms with Crippen molar-refractivity contribution >= 4 is 10.9 Å². The quantitative estimate of drug-likeness (QED) is 0.631. The first-order chi connectivity index (χ1) is 8.36. The summed E-state index contributed by atoms with van der Waals surface area (Å²) >= 11 is 0. The summed E-state index contributed by atoms with van der Waals surface area (Å²) in [6.07, 6.45) is 3.24. The van der Waals surface area contributed by atoms with Gasteiger partial charge in [-0.2, -0.15) is 10.2 Å². The zero-order chi connectivity index (χ0) is 11.7. The number of pyridine rings is 1. The summed E-state index contributed by atoms with van der Waals surface area (Å²) in [6.45, 7) is 0. The maximum Gasteiger partial charge on any atom is 0.264 e. The summed E-state index contributed by atoms with van der Waals surface area (Å²) in [4.78, 5) is 12.2. The molecular formula is C13H9N3O. The fraction of sp³-hybridized carbons (Fsp3) is 0. The molecule has 82 valence electrons. The van der Waals surface area contributed by atoms with Crippen LogP contribution in [0.2, 0.25) is 0 Å². The number of rotatable bonds is 1. The van der Waals surface area contributed by atoms with Crippen LogP contribution in [-0.2, 0) is 0 Å². The van der Waals surface area contributed by atoms with Crippen molar-refractivity contribution in [1.82, 2.24) is 14.8 Å². The van der Waals surface area contributed by atoms with Gasteiger partial charge in [-0.3, -0.25) is 9.36 Å². The Morgan fingerprint density at radius 1 is 1.00 bits per heavy atom. The first kappa shape index (κ1) is 9.72. The van der Waals surface area contributed by atoms with Crippen LogP contribution in [0.3, 0.4) is 0 Å². The number of hydrogen-bond donors (Lipinski definition) is 0. The fourth-order valence-electron chi connectivity index (χ4n) is 1.78. The molecule has 0 aliphatic rings. The molecule has 0 N–H and O–H groups in total. The van der Waals surface area contributed by atoms with Crippen molar-refractivity contribution in [3.8, 4) is 5.69 Å². The average molecular weight is 223 g/mol. The van der Waals surface area contributed by atoms with Gasteiger partial charge in [-0.1, -0.05) is 18.2 Å². The van der Waals surface area contributed by atoms with Crippen molar-refractivity contribution < 1.29 is 0 Å². The third-order valence-corrected chi connectivity index (χ3v) is 2.61. The Balaban J connectivity index is 2.33. The third-order valence-electron chi connectivity index (χ3n) is 2.61. The molecule has 0 radical (unpaired) electrons. The number of benzene rings is 1. The highest BCUT2D eigenvalue weighted by Crippen LogP contribution is 2.08. The first-order valence-electron chi connectivity index (χ1n) is 5.25. The fourth-order valence-corrected chi connectivity index (χ4v) is 1.78. The lowest BCUT2D eigenvalue weighted by molar-refractivity contribution is 0.992. The van der Waals surface area contributed by atoms with Gasteiger partial charge in [0.15, 0.2) is 0 Å². The number of fused-ring (bicyclic) bond motifs is 1. The Labute approximate surface area is 97.2 Å². The summed E-state index contributed by atoms with van der Waals surface area (Å²) in [5.74, 6) is 0. The molecule has 2 aromatic heterocycles. The van der Waals surface area contributed by atoms with Gasteiger partial charge in [-0.15, -0.1) is 0 Å². The third kappa shape index (κ3) is 1.59. The van der Waals surface area contributed by atoms with E-state index in [2.05, 4.69) is 10.2 Å². The minimum Gasteiger partial charge on any atom is -0.284 e. The van der Waals surface area contributed by atoms with E-state index in [0.29, 0.717) is 10.9 Å². The molecule has 0 fully saturated rings. The van der Waals surface area contributed by atoms with Crippen molar-refractivity contribution in [3.63, 3.8) is 0 Å². The second kappa shape index (κ2) is 3.83. The van der Waals surface area contributed by atoms with Crippen molar-refractivity contribution in [1.29, 1.82) is 0 Å². The zero-order valence-electron chi connectivity index (χ0n) is 8.95. The van der Waals surface area contributed by atoms with Crippen LogP contribution in [0.5, 0.6) is 0 Å². The summed E-state index contributed by atoms with van der Waals surface area (Å²) < 4.78 is 1.60. The zero-order valence-corrected chi connectivity index (χ0v) is 8.95. The van der Waals surface area contributed by atoms with Crippen LogP contribution in [0.4, 0.5) is 0 Å². The Hall–Kier alpha value is -2.49. The van der Waals surface area contributed by atoms with Crippen molar-refractivity contribution in [3.05, 3.63) is 65.2 Å². The molecule has 0 amide bonds. The topological polar surface area (TPSA) is 47.8 Å². The first-order valence-corrected chi connectivity index (χ1v) is 5.25. The maximum atomic E-state index is 12.2. The molecule has 0 unspecified atom stereocenters. The maximum absolute atomic E-state index is 12.2. The largest absolute Gasteiger partial charge is 0.284 e. The molecule has 4 heteroatoms. The van der Waals surface area contributed by atoms with Gasteiger partial charge in [-0.25, -0.2) is 0 Å². The van der Waals surface area contributed by atoms with E-state index in [-0.39, 0.29) is 5.56 Å². The molecule has 0 saturated carbocycles. The van der Waals surface area contributed by atoms with E-state index in [4.69, 9.17) is 0 Å². The monoisotopic (exact) mass is 223 g/mol. The van der Waals surface area contributed by atoms with E-state index < -0.39 is 0 Å². The Kier molecular flexibility index (Phi) is 2.19. The van der Waals surface area contributed by atoms with E-state index in [1.165, 1.54) is 6.20 Å². The van der Waals surface area contributed by atoms with E-state index in [9.17, 15) is 4.79 Å². The lowest BCUT2D eigenvalue weighted by Gasteiger charge is -2.05. The number of aromatic nitrogens is 3. The predicted molar refractivity (Wildman–Crippen MR) is 65.1 cm³/mol. The van der Waals surface area contributed by atoms with Gasteiger partial charge in [0.25, 0.3) is 5.56 Å². The van der Waals surface area contributed by atoms with Crippen LogP contribution in [0.15, 0.2) is 59.7 Å². The van der Waals surface area contributed by atoms with Gasteiger partial charge >= 0.3 is 0 Å². The summed E-state index contributed by atoms with van der Waals surface area (Å²) in [6, 6.07) is 13.0. The minimum atomic E-state index is -0.0800. The van der Waals surface area contributed by atoms with E-state index in [0.717, 1.165) is 5.69 Å². The van der Waals surface area contributed by atoms with Crippen LogP contribution < -0.4 is 5.56 Å². The average Bonchev–Trinajstić information content (AvgIpc) is 2.40. The SMILES string of the molecule is O=c1c2ccnnc2ccn1-c1ccccc1.